The van der Waals surface area contributed by atoms with Gasteiger partial charge in [-0.25, -0.2) is 4.98 Å². The minimum atomic E-state index is 0.587. The second-order valence-corrected chi connectivity index (χ2v) is 5.62. The third kappa shape index (κ3) is 2.70. The number of hydrogen-bond acceptors (Lipinski definition) is 2. The first-order valence-electron chi connectivity index (χ1n) is 5.65. The summed E-state index contributed by atoms with van der Waals surface area (Å²) in [5.41, 5.74) is 2.65. The predicted octanol–water partition coefficient (Wildman–Crippen LogP) is 4.17. The van der Waals surface area contributed by atoms with E-state index in [1.54, 1.807) is 0 Å². The molecule has 0 atom stereocenters. The van der Waals surface area contributed by atoms with Gasteiger partial charge in [0.05, 0.1) is 5.01 Å². The molecule has 0 spiro atoms. The summed E-state index contributed by atoms with van der Waals surface area (Å²) in [6.07, 6.45) is 2.97. The number of aromatic nitrogens is 1. The highest BCUT2D eigenvalue weighted by Crippen LogP contribution is 2.23. The van der Waals surface area contributed by atoms with Gasteiger partial charge in [0.1, 0.15) is 0 Å². The fourth-order valence-corrected chi connectivity index (χ4v) is 2.51. The molecule has 1 nitrogen and oxygen atoms in total. The molecule has 16 heavy (non-hydrogen) atoms. The molecule has 0 aliphatic carbocycles. The zero-order valence-corrected chi connectivity index (χ0v) is 10.8. The van der Waals surface area contributed by atoms with Crippen LogP contribution in [0.5, 0.6) is 0 Å². The number of hydrogen-bond donors (Lipinski definition) is 0. The highest BCUT2D eigenvalue weighted by molar-refractivity contribution is 7.11. The van der Waals surface area contributed by atoms with E-state index in [2.05, 4.69) is 50.0 Å². The van der Waals surface area contributed by atoms with Crippen molar-refractivity contribution in [3.8, 4) is 0 Å². The van der Waals surface area contributed by atoms with E-state index in [4.69, 9.17) is 0 Å². The van der Waals surface area contributed by atoms with Crippen LogP contribution >= 0.6 is 11.3 Å². The summed E-state index contributed by atoms with van der Waals surface area (Å²) < 4.78 is 0. The zero-order valence-electron chi connectivity index (χ0n) is 10.0. The molecule has 0 saturated heterocycles. The van der Waals surface area contributed by atoms with Crippen molar-refractivity contribution in [3.63, 3.8) is 0 Å². The summed E-state index contributed by atoms with van der Waals surface area (Å²) >= 11 is 1.83. The summed E-state index contributed by atoms with van der Waals surface area (Å²) in [6, 6.07) is 8.69. The van der Waals surface area contributed by atoms with E-state index in [-0.39, 0.29) is 0 Å². The first-order chi connectivity index (χ1) is 7.65. The van der Waals surface area contributed by atoms with Gasteiger partial charge in [0.15, 0.2) is 0 Å². The minimum Gasteiger partial charge on any atom is -0.249 e. The maximum Gasteiger partial charge on any atom is 0.0971 e. The van der Waals surface area contributed by atoms with Crippen molar-refractivity contribution in [2.45, 2.75) is 33.1 Å². The van der Waals surface area contributed by atoms with Crippen LogP contribution in [0.1, 0.15) is 40.8 Å². The van der Waals surface area contributed by atoms with Crippen LogP contribution in [0.4, 0.5) is 0 Å². The zero-order chi connectivity index (χ0) is 11.5. The monoisotopic (exact) mass is 231 g/mol. The molecular weight excluding hydrogens is 214 g/mol. The number of rotatable bonds is 3. The van der Waals surface area contributed by atoms with E-state index in [1.807, 2.05) is 17.5 Å². The van der Waals surface area contributed by atoms with Gasteiger partial charge in [-0.05, 0) is 18.4 Å². The molecule has 0 unspecified atom stereocenters. The van der Waals surface area contributed by atoms with Crippen molar-refractivity contribution in [2.24, 2.45) is 0 Å². The fourth-order valence-electron chi connectivity index (χ4n) is 1.55. The molecule has 2 rings (SSSR count). The lowest BCUT2D eigenvalue weighted by Crippen LogP contribution is -1.86. The average molecular weight is 231 g/mol. The number of thiazole rings is 1. The van der Waals surface area contributed by atoms with E-state index >= 15 is 0 Å². The van der Waals surface area contributed by atoms with E-state index < -0.39 is 0 Å². The summed E-state index contributed by atoms with van der Waals surface area (Å²) in [5.74, 6) is 0.587. The smallest absolute Gasteiger partial charge is 0.0971 e. The van der Waals surface area contributed by atoms with Crippen molar-refractivity contribution >= 4 is 11.3 Å². The van der Waals surface area contributed by atoms with E-state index in [0.717, 1.165) is 6.42 Å². The van der Waals surface area contributed by atoms with Gasteiger partial charge in [-0.15, -0.1) is 11.3 Å². The molecule has 0 fully saturated rings. The molecule has 2 aromatic rings. The third-order valence-corrected chi connectivity index (χ3v) is 3.91. The van der Waals surface area contributed by atoms with Crippen LogP contribution in [-0.2, 0) is 6.42 Å². The molecular formula is C14H17NS. The van der Waals surface area contributed by atoms with Gasteiger partial charge in [-0.2, -0.15) is 0 Å². The SMILES string of the molecule is Cc1ccc(Cc2ncc(C(C)C)s2)cc1. The lowest BCUT2D eigenvalue weighted by Gasteiger charge is -1.99. The Kier molecular flexibility index (Phi) is 3.39. The van der Waals surface area contributed by atoms with E-state index in [0.29, 0.717) is 5.92 Å². The largest absolute Gasteiger partial charge is 0.249 e. The number of nitrogens with zero attached hydrogens (tertiary/aromatic N) is 1. The van der Waals surface area contributed by atoms with Crippen LogP contribution in [-0.4, -0.2) is 4.98 Å². The topological polar surface area (TPSA) is 12.9 Å². The van der Waals surface area contributed by atoms with Crippen LogP contribution < -0.4 is 0 Å². The molecule has 2 heteroatoms. The maximum absolute atomic E-state index is 4.47. The third-order valence-electron chi connectivity index (χ3n) is 2.62. The van der Waals surface area contributed by atoms with Crippen molar-refractivity contribution in [1.82, 2.24) is 4.98 Å². The molecule has 1 heterocycles. The molecule has 0 radical (unpaired) electrons. The van der Waals surface area contributed by atoms with Gasteiger partial charge in [0.25, 0.3) is 0 Å². The predicted molar refractivity (Wildman–Crippen MR) is 70.2 cm³/mol. The molecule has 84 valence electrons. The summed E-state index contributed by atoms with van der Waals surface area (Å²) in [4.78, 5) is 5.85. The first-order valence-corrected chi connectivity index (χ1v) is 6.47. The second kappa shape index (κ2) is 4.79. The van der Waals surface area contributed by atoms with E-state index in [9.17, 15) is 0 Å². The molecule has 0 aliphatic rings. The van der Waals surface area contributed by atoms with Gasteiger partial charge in [-0.3, -0.25) is 0 Å². The highest BCUT2D eigenvalue weighted by Gasteiger charge is 2.05. The standard InChI is InChI=1S/C14H17NS/c1-10(2)13-9-15-14(16-13)8-12-6-4-11(3)5-7-12/h4-7,9-10H,8H2,1-3H3. The van der Waals surface area contributed by atoms with Crippen LogP contribution in [0.25, 0.3) is 0 Å². The van der Waals surface area contributed by atoms with Gasteiger partial charge < -0.3 is 0 Å². The quantitative estimate of drug-likeness (QED) is 0.772. The Balaban J connectivity index is 2.11. The Morgan fingerprint density at radius 3 is 2.44 bits per heavy atom. The Bertz CT molecular complexity index is 454. The van der Waals surface area contributed by atoms with Crippen LogP contribution in [0.3, 0.4) is 0 Å². The normalized spacial score (nSPS) is 11.0. The van der Waals surface area contributed by atoms with Crippen LogP contribution in [0.2, 0.25) is 0 Å². The maximum atomic E-state index is 4.47. The van der Waals surface area contributed by atoms with Gasteiger partial charge in [0, 0.05) is 17.5 Å². The van der Waals surface area contributed by atoms with Crippen molar-refractivity contribution < 1.29 is 0 Å². The molecule has 1 aromatic carbocycles. The van der Waals surface area contributed by atoms with E-state index in [1.165, 1.54) is 21.0 Å². The highest BCUT2D eigenvalue weighted by atomic mass is 32.1. The Labute approximate surface area is 101 Å². The molecule has 0 aliphatic heterocycles. The average Bonchev–Trinajstić information content (AvgIpc) is 2.70. The first kappa shape index (κ1) is 11.3. The van der Waals surface area contributed by atoms with Crippen LogP contribution in [0.15, 0.2) is 30.5 Å². The van der Waals surface area contributed by atoms with Crippen molar-refractivity contribution in [1.29, 1.82) is 0 Å². The molecule has 0 saturated carbocycles. The van der Waals surface area contributed by atoms with Crippen molar-refractivity contribution in [3.05, 3.63) is 51.5 Å². The Morgan fingerprint density at radius 2 is 1.88 bits per heavy atom. The van der Waals surface area contributed by atoms with Gasteiger partial charge in [-0.1, -0.05) is 43.7 Å². The summed E-state index contributed by atoms with van der Waals surface area (Å²) in [6.45, 7) is 6.54. The summed E-state index contributed by atoms with van der Waals surface area (Å²) in [5, 5.41) is 1.22. The Hall–Kier alpha value is -1.15. The Morgan fingerprint density at radius 1 is 1.19 bits per heavy atom. The lowest BCUT2D eigenvalue weighted by atomic mass is 10.1. The molecule has 0 bridgehead atoms. The fraction of sp³-hybridized carbons (Fsp3) is 0.357. The number of benzene rings is 1. The molecule has 1 aromatic heterocycles. The van der Waals surface area contributed by atoms with Crippen LogP contribution in [0, 0.1) is 6.92 Å². The number of aryl methyl sites for hydroxylation is 1. The van der Waals surface area contributed by atoms with Gasteiger partial charge in [0.2, 0.25) is 0 Å². The molecule has 0 N–H and O–H groups in total. The van der Waals surface area contributed by atoms with Gasteiger partial charge >= 0.3 is 0 Å². The second-order valence-electron chi connectivity index (χ2n) is 4.47. The van der Waals surface area contributed by atoms with Crippen molar-refractivity contribution in [2.75, 3.05) is 0 Å². The summed E-state index contributed by atoms with van der Waals surface area (Å²) in [7, 11) is 0. The molecule has 0 amide bonds. The lowest BCUT2D eigenvalue weighted by molar-refractivity contribution is 0.885. The minimum absolute atomic E-state index is 0.587.